The first-order valence-electron chi connectivity index (χ1n) is 8.20. The van der Waals surface area contributed by atoms with E-state index in [1.807, 2.05) is 0 Å². The van der Waals surface area contributed by atoms with Crippen LogP contribution in [0.25, 0.3) is 0 Å². The molecular formula is C17H26N2O4S. The molecule has 0 heterocycles. The number of carbonyl (C=O) groups is 1. The Morgan fingerprint density at radius 3 is 2.50 bits per heavy atom. The van der Waals surface area contributed by atoms with E-state index in [0.717, 1.165) is 32.1 Å². The first-order chi connectivity index (χ1) is 11.3. The van der Waals surface area contributed by atoms with Gasteiger partial charge in [-0.3, -0.25) is 4.79 Å². The van der Waals surface area contributed by atoms with E-state index in [-0.39, 0.29) is 18.5 Å². The number of sulfonamides is 1. The van der Waals surface area contributed by atoms with E-state index >= 15 is 0 Å². The summed E-state index contributed by atoms with van der Waals surface area (Å²) < 4.78 is 30.9. The maximum atomic E-state index is 12.6. The maximum Gasteiger partial charge on any atom is 0.242 e. The summed E-state index contributed by atoms with van der Waals surface area (Å²) in [6.07, 6.45) is 5.98. The van der Waals surface area contributed by atoms with Crippen molar-refractivity contribution in [3.63, 3.8) is 0 Å². The molecule has 24 heavy (non-hydrogen) atoms. The van der Waals surface area contributed by atoms with Crippen LogP contribution in [0.1, 0.15) is 32.1 Å². The molecule has 134 valence electrons. The van der Waals surface area contributed by atoms with Gasteiger partial charge in [0.15, 0.2) is 0 Å². The Kier molecular flexibility index (Phi) is 6.23. The second kappa shape index (κ2) is 7.98. The zero-order valence-electron chi connectivity index (χ0n) is 14.6. The number of amides is 1. The molecule has 0 N–H and O–H groups in total. The van der Waals surface area contributed by atoms with Crippen molar-refractivity contribution < 1.29 is 17.9 Å². The number of benzene rings is 1. The number of hydrogen-bond donors (Lipinski definition) is 0. The highest BCUT2D eigenvalue weighted by atomic mass is 32.2. The standard InChI is InChI=1S/C17H26N2O4S/c1-18(15-10-7-11-16(12-15)23-2)17(20)13-19(24(3,21)22)14-8-5-4-6-9-14/h7,10-12,14H,4-6,8-9,13H2,1-3H3. The van der Waals surface area contributed by atoms with E-state index < -0.39 is 10.0 Å². The number of hydrogen-bond acceptors (Lipinski definition) is 4. The van der Waals surface area contributed by atoms with Gasteiger partial charge in [0, 0.05) is 24.8 Å². The van der Waals surface area contributed by atoms with Crippen molar-refractivity contribution in [3.05, 3.63) is 24.3 Å². The summed E-state index contributed by atoms with van der Waals surface area (Å²) in [6, 6.07) is 7.08. The summed E-state index contributed by atoms with van der Waals surface area (Å²) in [5, 5.41) is 0. The first-order valence-corrected chi connectivity index (χ1v) is 10.0. The number of anilines is 1. The van der Waals surface area contributed by atoms with Crippen LogP contribution in [0, 0.1) is 0 Å². The number of nitrogens with zero attached hydrogens (tertiary/aromatic N) is 2. The normalized spacial score (nSPS) is 16.2. The van der Waals surface area contributed by atoms with Crippen LogP contribution in [-0.2, 0) is 14.8 Å². The molecule has 1 aromatic carbocycles. The van der Waals surface area contributed by atoms with E-state index in [0.29, 0.717) is 11.4 Å². The lowest BCUT2D eigenvalue weighted by Crippen LogP contribution is -2.47. The Morgan fingerprint density at radius 1 is 1.25 bits per heavy atom. The van der Waals surface area contributed by atoms with Crippen molar-refractivity contribution in [2.24, 2.45) is 0 Å². The van der Waals surface area contributed by atoms with Crippen LogP contribution in [0.2, 0.25) is 0 Å². The Morgan fingerprint density at radius 2 is 1.92 bits per heavy atom. The molecule has 1 aromatic rings. The van der Waals surface area contributed by atoms with E-state index in [1.165, 1.54) is 15.5 Å². The van der Waals surface area contributed by atoms with Crippen LogP contribution >= 0.6 is 0 Å². The topological polar surface area (TPSA) is 66.9 Å². The minimum atomic E-state index is -3.43. The summed E-state index contributed by atoms with van der Waals surface area (Å²) in [5.41, 5.74) is 0.677. The zero-order valence-corrected chi connectivity index (χ0v) is 15.4. The lowest BCUT2D eigenvalue weighted by atomic mass is 9.95. The van der Waals surface area contributed by atoms with Gasteiger partial charge in [0.05, 0.1) is 19.9 Å². The average molecular weight is 354 g/mol. The van der Waals surface area contributed by atoms with Gasteiger partial charge in [0.1, 0.15) is 5.75 Å². The van der Waals surface area contributed by atoms with Gasteiger partial charge in [-0.25, -0.2) is 8.42 Å². The lowest BCUT2D eigenvalue weighted by molar-refractivity contribution is -0.118. The monoisotopic (exact) mass is 354 g/mol. The van der Waals surface area contributed by atoms with Crippen molar-refractivity contribution in [1.82, 2.24) is 4.31 Å². The van der Waals surface area contributed by atoms with Crippen molar-refractivity contribution in [3.8, 4) is 5.75 Å². The second-order valence-electron chi connectivity index (χ2n) is 6.25. The highest BCUT2D eigenvalue weighted by Gasteiger charge is 2.30. The summed E-state index contributed by atoms with van der Waals surface area (Å²) in [5.74, 6) is 0.402. The largest absolute Gasteiger partial charge is 0.497 e. The number of carbonyl (C=O) groups excluding carboxylic acids is 1. The molecule has 1 aliphatic carbocycles. The SMILES string of the molecule is COc1cccc(N(C)C(=O)CN(C2CCCCC2)S(C)(=O)=O)c1. The molecular weight excluding hydrogens is 328 g/mol. The minimum Gasteiger partial charge on any atom is -0.497 e. The van der Waals surface area contributed by atoms with Gasteiger partial charge in [-0.2, -0.15) is 4.31 Å². The van der Waals surface area contributed by atoms with Gasteiger partial charge in [-0.15, -0.1) is 0 Å². The molecule has 2 rings (SSSR count). The van der Waals surface area contributed by atoms with Crippen molar-refractivity contribution in [1.29, 1.82) is 0 Å². The predicted octanol–water partition coefficient (Wildman–Crippen LogP) is 2.25. The van der Waals surface area contributed by atoms with Crippen LogP contribution in [0.4, 0.5) is 5.69 Å². The summed E-state index contributed by atoms with van der Waals surface area (Å²) >= 11 is 0. The van der Waals surface area contributed by atoms with Crippen molar-refractivity contribution in [2.75, 3.05) is 31.9 Å². The third-order valence-electron chi connectivity index (χ3n) is 4.51. The highest BCUT2D eigenvalue weighted by Crippen LogP contribution is 2.25. The first kappa shape index (κ1) is 18.7. The Hall–Kier alpha value is -1.60. The highest BCUT2D eigenvalue weighted by molar-refractivity contribution is 7.88. The van der Waals surface area contributed by atoms with E-state index in [1.54, 1.807) is 38.4 Å². The smallest absolute Gasteiger partial charge is 0.242 e. The molecule has 1 fully saturated rings. The molecule has 0 aromatic heterocycles. The van der Waals surface area contributed by atoms with Crippen LogP contribution in [-0.4, -0.2) is 51.6 Å². The van der Waals surface area contributed by atoms with Gasteiger partial charge < -0.3 is 9.64 Å². The summed E-state index contributed by atoms with van der Waals surface area (Å²) in [7, 11) is -0.211. The third kappa shape index (κ3) is 4.70. The number of methoxy groups -OCH3 is 1. The van der Waals surface area contributed by atoms with Crippen LogP contribution in [0.3, 0.4) is 0 Å². The molecule has 1 saturated carbocycles. The molecule has 0 atom stereocenters. The van der Waals surface area contributed by atoms with Crippen LogP contribution in [0.15, 0.2) is 24.3 Å². The van der Waals surface area contributed by atoms with E-state index in [9.17, 15) is 13.2 Å². The molecule has 1 aliphatic rings. The fraction of sp³-hybridized carbons (Fsp3) is 0.588. The Bertz CT molecular complexity index is 669. The van der Waals surface area contributed by atoms with Gasteiger partial charge in [0.2, 0.25) is 15.9 Å². The van der Waals surface area contributed by atoms with E-state index in [2.05, 4.69) is 0 Å². The van der Waals surface area contributed by atoms with Gasteiger partial charge >= 0.3 is 0 Å². The number of rotatable bonds is 6. The van der Waals surface area contributed by atoms with Crippen LogP contribution < -0.4 is 9.64 Å². The quantitative estimate of drug-likeness (QED) is 0.786. The molecule has 0 saturated heterocycles. The van der Waals surface area contributed by atoms with Crippen molar-refractivity contribution in [2.45, 2.75) is 38.1 Å². The molecule has 0 unspecified atom stereocenters. The van der Waals surface area contributed by atoms with Gasteiger partial charge in [-0.05, 0) is 25.0 Å². The molecule has 6 nitrogen and oxygen atoms in total. The molecule has 0 aliphatic heterocycles. The molecule has 0 radical (unpaired) electrons. The fourth-order valence-corrected chi connectivity index (χ4v) is 4.19. The van der Waals surface area contributed by atoms with Crippen molar-refractivity contribution >= 4 is 21.6 Å². The van der Waals surface area contributed by atoms with Gasteiger partial charge in [0.25, 0.3) is 0 Å². The Balaban J connectivity index is 2.14. The molecule has 0 spiro atoms. The van der Waals surface area contributed by atoms with Crippen LogP contribution in [0.5, 0.6) is 5.75 Å². The molecule has 0 bridgehead atoms. The lowest BCUT2D eigenvalue weighted by Gasteiger charge is -2.33. The third-order valence-corrected chi connectivity index (χ3v) is 5.79. The zero-order chi connectivity index (χ0) is 17.7. The average Bonchev–Trinajstić information content (AvgIpc) is 2.58. The molecule has 1 amide bonds. The van der Waals surface area contributed by atoms with Gasteiger partial charge in [-0.1, -0.05) is 25.3 Å². The second-order valence-corrected chi connectivity index (χ2v) is 8.19. The fourth-order valence-electron chi connectivity index (χ4n) is 3.09. The molecule has 7 heteroatoms. The minimum absolute atomic E-state index is 0.0728. The number of ether oxygens (including phenoxy) is 1. The predicted molar refractivity (Wildman–Crippen MR) is 94.8 cm³/mol. The summed E-state index contributed by atoms with van der Waals surface area (Å²) in [4.78, 5) is 14.1. The van der Waals surface area contributed by atoms with E-state index in [4.69, 9.17) is 4.74 Å². The Labute approximate surface area is 144 Å². The maximum absolute atomic E-state index is 12.6. The number of likely N-dealkylation sites (N-methyl/N-ethyl adjacent to an activating group) is 1. The summed E-state index contributed by atoms with van der Waals surface area (Å²) in [6.45, 7) is -0.128.